The summed E-state index contributed by atoms with van der Waals surface area (Å²) in [6.07, 6.45) is -4.36. The molecule has 1 aliphatic heterocycles. The number of hydrogen-bond acceptors (Lipinski definition) is 3. The van der Waals surface area contributed by atoms with Crippen molar-refractivity contribution in [1.29, 1.82) is 0 Å². The number of aryl methyl sites for hydroxylation is 1. The second kappa shape index (κ2) is 7.11. The molecule has 1 aromatic carbocycles. The van der Waals surface area contributed by atoms with Crippen LogP contribution in [0.25, 0.3) is 0 Å². The number of rotatable bonds is 3. The first-order chi connectivity index (χ1) is 12.3. The fourth-order valence-electron chi connectivity index (χ4n) is 3.35. The Morgan fingerprint density at radius 3 is 2.62 bits per heavy atom. The van der Waals surface area contributed by atoms with E-state index >= 15 is 0 Å². The van der Waals surface area contributed by atoms with Crippen LogP contribution in [0.3, 0.4) is 0 Å². The van der Waals surface area contributed by atoms with Gasteiger partial charge in [-0.05, 0) is 26.0 Å². The van der Waals surface area contributed by atoms with Crippen molar-refractivity contribution in [1.82, 2.24) is 14.7 Å². The maximum atomic E-state index is 12.9. The van der Waals surface area contributed by atoms with E-state index < -0.39 is 18.8 Å². The molecular formula is C18H20F3N3O2. The van der Waals surface area contributed by atoms with Crippen LogP contribution in [0.2, 0.25) is 0 Å². The third kappa shape index (κ3) is 3.75. The first-order valence-electron chi connectivity index (χ1n) is 8.32. The molecule has 1 unspecified atom stereocenters. The third-order valence-corrected chi connectivity index (χ3v) is 4.51. The van der Waals surface area contributed by atoms with Crippen molar-refractivity contribution in [3.05, 3.63) is 52.8 Å². The number of carbonyl (C=O) groups is 1. The van der Waals surface area contributed by atoms with E-state index in [4.69, 9.17) is 4.74 Å². The van der Waals surface area contributed by atoms with Crippen LogP contribution in [0, 0.1) is 13.8 Å². The Balaban J connectivity index is 1.95. The van der Waals surface area contributed by atoms with Gasteiger partial charge in [-0.25, -0.2) is 0 Å². The summed E-state index contributed by atoms with van der Waals surface area (Å²) in [5.74, 6) is -0.165. The van der Waals surface area contributed by atoms with Crippen LogP contribution in [-0.2, 0) is 11.3 Å². The van der Waals surface area contributed by atoms with E-state index in [1.165, 1.54) is 0 Å². The third-order valence-electron chi connectivity index (χ3n) is 4.51. The smallest absolute Gasteiger partial charge is 0.377 e. The van der Waals surface area contributed by atoms with Crippen molar-refractivity contribution >= 4 is 5.91 Å². The fourth-order valence-corrected chi connectivity index (χ4v) is 3.35. The van der Waals surface area contributed by atoms with Crippen LogP contribution in [0.4, 0.5) is 13.2 Å². The summed E-state index contributed by atoms with van der Waals surface area (Å²) in [4.78, 5) is 14.6. The zero-order valence-electron chi connectivity index (χ0n) is 14.6. The van der Waals surface area contributed by atoms with Gasteiger partial charge in [-0.2, -0.15) is 18.3 Å². The largest absolute Gasteiger partial charge is 0.408 e. The van der Waals surface area contributed by atoms with Gasteiger partial charge in [0.2, 0.25) is 0 Å². The van der Waals surface area contributed by atoms with Gasteiger partial charge in [-0.3, -0.25) is 9.48 Å². The summed E-state index contributed by atoms with van der Waals surface area (Å²) in [6.45, 7) is 3.11. The molecule has 2 heterocycles. The highest BCUT2D eigenvalue weighted by Gasteiger charge is 2.35. The van der Waals surface area contributed by atoms with Crippen molar-refractivity contribution < 1.29 is 22.7 Å². The number of benzene rings is 1. The minimum absolute atomic E-state index is 0.165. The molecule has 1 atom stereocenters. The van der Waals surface area contributed by atoms with Crippen LogP contribution in [0.15, 0.2) is 30.3 Å². The average molecular weight is 367 g/mol. The van der Waals surface area contributed by atoms with Gasteiger partial charge >= 0.3 is 6.18 Å². The SMILES string of the molecule is Cc1nn(CC(F)(F)F)c(C)c1C1COCCN1C(=O)c1ccccc1. The van der Waals surface area contributed by atoms with Gasteiger partial charge in [0.25, 0.3) is 5.91 Å². The lowest BCUT2D eigenvalue weighted by molar-refractivity contribution is -0.143. The van der Waals surface area contributed by atoms with Crippen LogP contribution in [0.5, 0.6) is 0 Å². The lowest BCUT2D eigenvalue weighted by Crippen LogP contribution is -2.43. The number of aromatic nitrogens is 2. The summed E-state index contributed by atoms with van der Waals surface area (Å²) >= 11 is 0. The number of halogens is 3. The van der Waals surface area contributed by atoms with Gasteiger partial charge < -0.3 is 9.64 Å². The predicted octanol–water partition coefficient (Wildman–Crippen LogP) is 3.28. The number of nitrogens with zero attached hydrogens (tertiary/aromatic N) is 3. The molecule has 1 aliphatic rings. The molecule has 1 fully saturated rings. The van der Waals surface area contributed by atoms with Gasteiger partial charge in [0.15, 0.2) is 0 Å². The number of alkyl halides is 3. The molecule has 26 heavy (non-hydrogen) atoms. The summed E-state index contributed by atoms with van der Waals surface area (Å²) in [5, 5.41) is 4.04. The average Bonchev–Trinajstić information content (AvgIpc) is 2.87. The first kappa shape index (κ1) is 18.4. The number of hydrogen-bond donors (Lipinski definition) is 0. The van der Waals surface area contributed by atoms with Gasteiger partial charge in [-0.15, -0.1) is 0 Å². The number of ether oxygens (including phenoxy) is 1. The maximum Gasteiger partial charge on any atom is 0.408 e. The Morgan fingerprint density at radius 1 is 1.27 bits per heavy atom. The molecule has 1 aromatic heterocycles. The van der Waals surface area contributed by atoms with Crippen molar-refractivity contribution in [2.75, 3.05) is 19.8 Å². The molecule has 0 bridgehead atoms. The molecule has 140 valence electrons. The van der Waals surface area contributed by atoms with Crippen LogP contribution >= 0.6 is 0 Å². The fraction of sp³-hybridized carbons (Fsp3) is 0.444. The Kier molecular flexibility index (Phi) is 5.04. The lowest BCUT2D eigenvalue weighted by Gasteiger charge is -2.36. The Bertz CT molecular complexity index is 787. The molecule has 2 aromatic rings. The minimum atomic E-state index is -4.36. The second-order valence-corrected chi connectivity index (χ2v) is 6.31. The highest BCUT2D eigenvalue weighted by atomic mass is 19.4. The van der Waals surface area contributed by atoms with Crippen molar-refractivity contribution in [3.63, 3.8) is 0 Å². The van der Waals surface area contributed by atoms with E-state index in [1.54, 1.807) is 43.0 Å². The van der Waals surface area contributed by atoms with Crippen molar-refractivity contribution in [2.45, 2.75) is 32.6 Å². The second-order valence-electron chi connectivity index (χ2n) is 6.31. The normalized spacial score (nSPS) is 18.2. The van der Waals surface area contributed by atoms with Crippen molar-refractivity contribution in [2.24, 2.45) is 0 Å². The highest BCUT2D eigenvalue weighted by molar-refractivity contribution is 5.94. The van der Waals surface area contributed by atoms with E-state index in [9.17, 15) is 18.0 Å². The molecule has 8 heteroatoms. The van der Waals surface area contributed by atoms with E-state index in [1.807, 2.05) is 6.07 Å². The van der Waals surface area contributed by atoms with Crippen LogP contribution in [-0.4, -0.2) is 46.5 Å². The van der Waals surface area contributed by atoms with E-state index in [-0.39, 0.29) is 12.5 Å². The van der Waals surface area contributed by atoms with E-state index in [0.29, 0.717) is 35.7 Å². The lowest BCUT2D eigenvalue weighted by atomic mass is 10.0. The summed E-state index contributed by atoms with van der Waals surface area (Å²) in [6, 6.07) is 8.37. The molecule has 1 saturated heterocycles. The zero-order chi connectivity index (χ0) is 18.9. The summed E-state index contributed by atoms with van der Waals surface area (Å²) in [7, 11) is 0. The van der Waals surface area contributed by atoms with Crippen molar-refractivity contribution in [3.8, 4) is 0 Å². The molecule has 0 saturated carbocycles. The molecule has 0 N–H and O–H groups in total. The van der Waals surface area contributed by atoms with E-state index in [2.05, 4.69) is 5.10 Å². The maximum absolute atomic E-state index is 12.9. The molecule has 0 spiro atoms. The summed E-state index contributed by atoms with van der Waals surface area (Å²) < 4.78 is 44.8. The van der Waals surface area contributed by atoms with E-state index in [0.717, 1.165) is 4.68 Å². The number of carbonyl (C=O) groups excluding carboxylic acids is 1. The highest BCUT2D eigenvalue weighted by Crippen LogP contribution is 2.31. The van der Waals surface area contributed by atoms with Gasteiger partial charge in [0.1, 0.15) is 6.54 Å². The molecule has 5 nitrogen and oxygen atoms in total. The standard InChI is InChI=1S/C18H20F3N3O2/c1-12-16(13(2)24(22-12)11-18(19,20)21)15-10-26-9-8-23(15)17(25)14-6-4-3-5-7-14/h3-7,15H,8-11H2,1-2H3. The molecule has 0 radical (unpaired) electrons. The summed E-state index contributed by atoms with van der Waals surface area (Å²) in [5.41, 5.74) is 2.05. The number of amides is 1. The zero-order valence-corrected chi connectivity index (χ0v) is 14.6. The quantitative estimate of drug-likeness (QED) is 0.837. The Labute approximate surface area is 149 Å². The molecule has 1 amide bonds. The Hall–Kier alpha value is -2.35. The van der Waals surface area contributed by atoms with Gasteiger partial charge in [0, 0.05) is 23.4 Å². The molecule has 3 rings (SSSR count). The van der Waals surface area contributed by atoms with Gasteiger partial charge in [0.05, 0.1) is 24.9 Å². The monoisotopic (exact) mass is 367 g/mol. The molecular weight excluding hydrogens is 347 g/mol. The minimum Gasteiger partial charge on any atom is -0.377 e. The van der Waals surface area contributed by atoms with Crippen LogP contribution < -0.4 is 0 Å². The Morgan fingerprint density at radius 2 is 1.96 bits per heavy atom. The first-order valence-corrected chi connectivity index (χ1v) is 8.32. The predicted molar refractivity (Wildman–Crippen MR) is 88.8 cm³/mol. The van der Waals surface area contributed by atoms with Crippen LogP contribution in [0.1, 0.15) is 33.4 Å². The topological polar surface area (TPSA) is 47.4 Å². The van der Waals surface area contributed by atoms with Gasteiger partial charge in [-0.1, -0.05) is 18.2 Å². The number of morpholine rings is 1. The molecule has 0 aliphatic carbocycles.